The van der Waals surface area contributed by atoms with E-state index in [9.17, 15) is 9.59 Å². The third-order valence-corrected chi connectivity index (χ3v) is 5.87. The van der Waals surface area contributed by atoms with Crippen molar-refractivity contribution in [1.82, 2.24) is 0 Å². The van der Waals surface area contributed by atoms with Crippen LogP contribution in [0.3, 0.4) is 0 Å². The Labute approximate surface area is 166 Å². The molecular weight excluding hydrogens is 407 g/mol. The summed E-state index contributed by atoms with van der Waals surface area (Å²) < 4.78 is 0.298. The van der Waals surface area contributed by atoms with Crippen LogP contribution in [0, 0.1) is 0 Å². The molecule has 1 atom stereocenters. The molecule has 6 heteroatoms. The number of aliphatic carboxylic acids is 1. The van der Waals surface area contributed by atoms with E-state index < -0.39 is 21.7 Å². The van der Waals surface area contributed by atoms with Crippen molar-refractivity contribution in [2.24, 2.45) is 0 Å². The van der Waals surface area contributed by atoms with Crippen molar-refractivity contribution < 1.29 is 24.6 Å². The quantitative estimate of drug-likeness (QED) is 0.494. The van der Waals surface area contributed by atoms with Crippen molar-refractivity contribution in [3.8, 4) is 0 Å². The molecule has 0 saturated heterocycles. The number of aryl methyl sites for hydroxylation is 1. The van der Waals surface area contributed by atoms with Gasteiger partial charge in [0.1, 0.15) is 0 Å². The molecule has 0 fully saturated rings. The molecular formula is C21H25AsO5. The van der Waals surface area contributed by atoms with Gasteiger partial charge in [-0.15, -0.1) is 0 Å². The van der Waals surface area contributed by atoms with Gasteiger partial charge in [0.2, 0.25) is 0 Å². The molecule has 0 aromatic heterocycles. The molecule has 144 valence electrons. The van der Waals surface area contributed by atoms with Crippen LogP contribution in [0.15, 0.2) is 48.5 Å². The molecule has 2 aromatic rings. The number of benzene rings is 2. The van der Waals surface area contributed by atoms with Crippen LogP contribution in [0.25, 0.3) is 0 Å². The Morgan fingerprint density at radius 2 is 1.30 bits per heavy atom. The van der Waals surface area contributed by atoms with Crippen LogP contribution in [0.2, 0.25) is 0 Å². The zero-order valence-corrected chi connectivity index (χ0v) is 17.7. The van der Waals surface area contributed by atoms with E-state index in [1.807, 2.05) is 48.5 Å². The maximum atomic E-state index is 12.5. The first-order valence-electron chi connectivity index (χ1n) is 8.61. The van der Waals surface area contributed by atoms with Crippen molar-refractivity contribution in [3.63, 3.8) is 0 Å². The number of aliphatic hydroxyl groups is 1. The minimum absolute atomic E-state index is 0.00727. The van der Waals surface area contributed by atoms with Gasteiger partial charge < -0.3 is 10.2 Å². The first-order valence-corrected chi connectivity index (χ1v) is 11.1. The van der Waals surface area contributed by atoms with Crippen LogP contribution in [-0.4, -0.2) is 48.9 Å². The second kappa shape index (κ2) is 12.2. The predicted molar refractivity (Wildman–Crippen MR) is 107 cm³/mol. The van der Waals surface area contributed by atoms with E-state index in [4.69, 9.17) is 15.0 Å². The van der Waals surface area contributed by atoms with Crippen molar-refractivity contribution in [2.75, 3.05) is 6.61 Å². The van der Waals surface area contributed by atoms with Crippen LogP contribution in [0.1, 0.15) is 47.3 Å². The van der Waals surface area contributed by atoms with Crippen LogP contribution in [0.4, 0.5) is 0 Å². The Kier molecular flexibility index (Phi) is 10.3. The summed E-state index contributed by atoms with van der Waals surface area (Å²) in [5.41, 5.74) is 3.58. The number of carboxylic acids is 1. The van der Waals surface area contributed by atoms with Gasteiger partial charge in [-0.05, 0) is 0 Å². The van der Waals surface area contributed by atoms with Crippen LogP contribution < -0.4 is 0 Å². The van der Waals surface area contributed by atoms with Crippen molar-refractivity contribution >= 4 is 32.1 Å². The maximum absolute atomic E-state index is 12.5. The van der Waals surface area contributed by atoms with Crippen molar-refractivity contribution in [3.05, 3.63) is 70.8 Å². The molecule has 5 nitrogen and oxygen atoms in total. The summed E-state index contributed by atoms with van der Waals surface area (Å²) >= 11 is -0.566. The average molecular weight is 432 g/mol. The fourth-order valence-corrected chi connectivity index (χ4v) is 3.72. The van der Waals surface area contributed by atoms with E-state index in [0.717, 1.165) is 36.1 Å². The number of carboxylic acid groups (broad SMARTS) is 1. The third-order valence-electron chi connectivity index (χ3n) is 3.60. The summed E-state index contributed by atoms with van der Waals surface area (Å²) in [7, 11) is 0. The third kappa shape index (κ3) is 9.32. The summed E-state index contributed by atoms with van der Waals surface area (Å²) in [6.07, 6.45) is 1.55. The first kappa shape index (κ1) is 22.8. The number of carbonyl (C=O) groups is 3. The molecule has 0 saturated carbocycles. The van der Waals surface area contributed by atoms with Gasteiger partial charge in [0.25, 0.3) is 5.97 Å². The Morgan fingerprint density at radius 1 is 0.852 bits per heavy atom. The van der Waals surface area contributed by atoms with Crippen molar-refractivity contribution in [1.29, 1.82) is 0 Å². The zero-order valence-electron chi connectivity index (χ0n) is 15.6. The number of aliphatic hydroxyl groups excluding tert-OH is 1. The molecule has 2 rings (SSSR count). The second-order valence-corrected chi connectivity index (χ2v) is 8.94. The Balaban J connectivity index is 0.000000828. The summed E-state index contributed by atoms with van der Waals surface area (Å²) in [4.78, 5) is 32.5. The van der Waals surface area contributed by atoms with E-state index in [0.29, 0.717) is 15.7 Å². The standard InChI is InChI=1S/C19H21AsO3.C2H4O2/c1-14(22)20-13-16-6-10-18(11-7-16)19(23)17-8-4-15(5-9-17)3-2-12-21;1-2(3)4/h4-11,20-21H,2-3,12-13H2,1H3;1H3,(H,3,4). The summed E-state index contributed by atoms with van der Waals surface area (Å²) in [6.45, 7) is 2.90. The van der Waals surface area contributed by atoms with Gasteiger partial charge in [-0.2, -0.15) is 0 Å². The summed E-state index contributed by atoms with van der Waals surface area (Å²) in [6, 6.07) is 15.1. The van der Waals surface area contributed by atoms with Gasteiger partial charge in [0.15, 0.2) is 0 Å². The molecule has 0 amide bonds. The first-order chi connectivity index (χ1) is 12.8. The Morgan fingerprint density at radius 3 is 1.70 bits per heavy atom. The molecule has 0 heterocycles. The molecule has 0 radical (unpaired) electrons. The van der Waals surface area contributed by atoms with Gasteiger partial charge in [-0.1, -0.05) is 0 Å². The number of rotatable bonds is 8. The molecule has 0 aliphatic rings. The number of hydrogen-bond acceptors (Lipinski definition) is 4. The van der Waals surface area contributed by atoms with Crippen LogP contribution in [0.5, 0.6) is 0 Å². The van der Waals surface area contributed by atoms with Gasteiger partial charge in [0, 0.05) is 13.5 Å². The molecule has 2 aromatic carbocycles. The molecule has 0 bridgehead atoms. The summed E-state index contributed by atoms with van der Waals surface area (Å²) in [5, 5.41) is 17.1. The fourth-order valence-electron chi connectivity index (χ4n) is 2.27. The van der Waals surface area contributed by atoms with E-state index in [1.54, 1.807) is 6.92 Å². The molecule has 0 aliphatic carbocycles. The zero-order chi connectivity index (χ0) is 20.2. The van der Waals surface area contributed by atoms with E-state index in [1.165, 1.54) is 0 Å². The fraction of sp³-hybridized carbons (Fsp3) is 0.286. The van der Waals surface area contributed by atoms with Gasteiger partial charge in [-0.25, -0.2) is 0 Å². The molecule has 0 spiro atoms. The normalized spacial score (nSPS) is 10.3. The summed E-state index contributed by atoms with van der Waals surface area (Å²) in [5.74, 6) is -0.826. The van der Waals surface area contributed by atoms with Gasteiger partial charge in [0.05, 0.1) is 0 Å². The molecule has 1 unspecified atom stereocenters. The molecule has 2 N–H and O–H groups in total. The van der Waals surface area contributed by atoms with Crippen LogP contribution in [-0.2, 0) is 21.2 Å². The monoisotopic (exact) mass is 432 g/mol. The van der Waals surface area contributed by atoms with Crippen LogP contribution >= 0.6 is 0 Å². The predicted octanol–water partition coefficient (Wildman–Crippen LogP) is 2.42. The second-order valence-electron chi connectivity index (χ2n) is 5.98. The van der Waals surface area contributed by atoms with E-state index >= 15 is 0 Å². The van der Waals surface area contributed by atoms with Gasteiger partial charge in [-0.3, -0.25) is 4.79 Å². The minimum atomic E-state index is -0.833. The Hall–Kier alpha value is -2.23. The average Bonchev–Trinajstić information content (AvgIpc) is 2.64. The van der Waals surface area contributed by atoms with Crippen molar-refractivity contribution in [2.45, 2.75) is 31.9 Å². The number of ketones is 1. The topological polar surface area (TPSA) is 91.7 Å². The van der Waals surface area contributed by atoms with Gasteiger partial charge >= 0.3 is 131 Å². The number of carbonyl (C=O) groups excluding carboxylic acids is 2. The van der Waals surface area contributed by atoms with E-state index in [-0.39, 0.29) is 12.4 Å². The molecule has 0 aliphatic heterocycles. The Bertz CT molecular complexity index is 747. The van der Waals surface area contributed by atoms with E-state index in [2.05, 4.69) is 0 Å². The molecule has 27 heavy (non-hydrogen) atoms. The number of hydrogen-bond donors (Lipinski definition) is 2. The SMILES string of the molecule is CC(=O)O.CC(=O)[AsH]Cc1ccc(C(=O)c2ccc(CCCO)cc2)cc1.